The normalized spacial score (nSPS) is 19.9. The summed E-state index contributed by atoms with van der Waals surface area (Å²) in [6.45, 7) is 10.4. The SMILES string of the molecule is CCOc1cccc(C=O)c1B1OC(C)(C)C(C)(C)O1. The fourth-order valence-corrected chi connectivity index (χ4v) is 2.16. The van der Waals surface area contributed by atoms with Gasteiger partial charge in [-0.2, -0.15) is 0 Å². The zero-order valence-corrected chi connectivity index (χ0v) is 12.7. The van der Waals surface area contributed by atoms with E-state index < -0.39 is 18.3 Å². The highest BCUT2D eigenvalue weighted by molar-refractivity contribution is 6.64. The number of carbonyl (C=O) groups is 1. The molecule has 1 heterocycles. The standard InChI is InChI=1S/C15H21BO4/c1-6-18-12-9-7-8-11(10-17)13(12)16-19-14(2,3)15(4,5)20-16/h7-10H,6H2,1-5H3. The maximum absolute atomic E-state index is 11.3. The van der Waals surface area contributed by atoms with Gasteiger partial charge in [0.05, 0.1) is 17.8 Å². The Bertz CT molecular complexity index is 495. The summed E-state index contributed by atoms with van der Waals surface area (Å²) in [4.78, 5) is 11.3. The van der Waals surface area contributed by atoms with Gasteiger partial charge < -0.3 is 14.0 Å². The number of hydrogen-bond acceptors (Lipinski definition) is 4. The Morgan fingerprint density at radius 2 is 1.80 bits per heavy atom. The van der Waals surface area contributed by atoms with E-state index in [0.29, 0.717) is 23.4 Å². The minimum Gasteiger partial charge on any atom is -0.494 e. The molecule has 0 radical (unpaired) electrons. The summed E-state index contributed by atoms with van der Waals surface area (Å²) < 4.78 is 17.6. The number of ether oxygens (including phenoxy) is 1. The van der Waals surface area contributed by atoms with Crippen LogP contribution in [0.1, 0.15) is 45.0 Å². The molecule has 0 N–H and O–H groups in total. The molecule has 0 unspecified atom stereocenters. The lowest BCUT2D eigenvalue weighted by Gasteiger charge is -2.32. The van der Waals surface area contributed by atoms with Crippen molar-refractivity contribution in [2.24, 2.45) is 0 Å². The smallest absolute Gasteiger partial charge is 0.494 e. The number of aldehydes is 1. The van der Waals surface area contributed by atoms with E-state index in [-0.39, 0.29) is 0 Å². The Morgan fingerprint density at radius 1 is 1.20 bits per heavy atom. The van der Waals surface area contributed by atoms with Crippen molar-refractivity contribution >= 4 is 18.9 Å². The minimum absolute atomic E-state index is 0.447. The zero-order valence-electron chi connectivity index (χ0n) is 12.7. The molecule has 108 valence electrons. The highest BCUT2D eigenvalue weighted by Gasteiger charge is 2.53. The van der Waals surface area contributed by atoms with Gasteiger partial charge in [-0.15, -0.1) is 0 Å². The monoisotopic (exact) mass is 276 g/mol. The van der Waals surface area contributed by atoms with Crippen molar-refractivity contribution in [3.8, 4) is 5.75 Å². The molecule has 1 aromatic carbocycles. The second kappa shape index (κ2) is 5.22. The van der Waals surface area contributed by atoms with Crippen LogP contribution < -0.4 is 10.2 Å². The number of hydrogen-bond donors (Lipinski definition) is 0. The van der Waals surface area contributed by atoms with Crippen molar-refractivity contribution in [1.29, 1.82) is 0 Å². The third-order valence-electron chi connectivity index (χ3n) is 4.02. The molecule has 0 saturated carbocycles. The van der Waals surface area contributed by atoms with Crippen LogP contribution in [0.15, 0.2) is 18.2 Å². The molecular weight excluding hydrogens is 255 g/mol. The van der Waals surface area contributed by atoms with Gasteiger partial charge in [0.25, 0.3) is 0 Å². The van der Waals surface area contributed by atoms with Crippen molar-refractivity contribution in [2.45, 2.75) is 45.8 Å². The van der Waals surface area contributed by atoms with Crippen LogP contribution >= 0.6 is 0 Å². The molecule has 2 rings (SSSR count). The fraction of sp³-hybridized carbons (Fsp3) is 0.533. The van der Waals surface area contributed by atoms with Crippen molar-refractivity contribution in [1.82, 2.24) is 0 Å². The molecule has 1 aliphatic heterocycles. The molecule has 0 bridgehead atoms. The maximum Gasteiger partial charge on any atom is 0.499 e. The largest absolute Gasteiger partial charge is 0.499 e. The third kappa shape index (κ3) is 2.48. The summed E-state index contributed by atoms with van der Waals surface area (Å²) >= 11 is 0. The van der Waals surface area contributed by atoms with E-state index in [1.807, 2.05) is 40.7 Å². The lowest BCUT2D eigenvalue weighted by atomic mass is 9.75. The van der Waals surface area contributed by atoms with Crippen LogP contribution in [-0.2, 0) is 9.31 Å². The van der Waals surface area contributed by atoms with Crippen molar-refractivity contribution in [3.63, 3.8) is 0 Å². The molecule has 1 fully saturated rings. The van der Waals surface area contributed by atoms with Crippen LogP contribution in [0.4, 0.5) is 0 Å². The second-order valence-corrected chi connectivity index (χ2v) is 5.90. The van der Waals surface area contributed by atoms with E-state index in [1.54, 1.807) is 12.1 Å². The Balaban J connectivity index is 2.45. The average molecular weight is 276 g/mol. The summed E-state index contributed by atoms with van der Waals surface area (Å²) in [5.74, 6) is 0.635. The van der Waals surface area contributed by atoms with E-state index in [4.69, 9.17) is 14.0 Å². The summed E-state index contributed by atoms with van der Waals surface area (Å²) in [7, 11) is -0.594. The van der Waals surface area contributed by atoms with Gasteiger partial charge in [-0.25, -0.2) is 0 Å². The number of rotatable bonds is 4. The van der Waals surface area contributed by atoms with Crippen LogP contribution in [0.5, 0.6) is 5.75 Å². The molecule has 0 aromatic heterocycles. The van der Waals surface area contributed by atoms with Crippen LogP contribution in [-0.4, -0.2) is 31.2 Å². The zero-order chi connectivity index (χ0) is 15.0. The summed E-state index contributed by atoms with van der Waals surface area (Å²) in [5.41, 5.74) is 0.311. The van der Waals surface area contributed by atoms with Gasteiger partial charge >= 0.3 is 7.12 Å². The summed E-state index contributed by atoms with van der Waals surface area (Å²) in [5, 5.41) is 0. The molecule has 5 heteroatoms. The van der Waals surface area contributed by atoms with Crippen LogP contribution in [0.25, 0.3) is 0 Å². The first-order valence-electron chi connectivity index (χ1n) is 6.89. The predicted octanol–water partition coefficient (Wildman–Crippen LogP) is 2.20. The lowest BCUT2D eigenvalue weighted by molar-refractivity contribution is 0.00578. The fourth-order valence-electron chi connectivity index (χ4n) is 2.16. The quantitative estimate of drug-likeness (QED) is 0.624. The van der Waals surface area contributed by atoms with E-state index in [9.17, 15) is 4.79 Å². The van der Waals surface area contributed by atoms with Gasteiger partial charge in [-0.3, -0.25) is 4.79 Å². The Labute approximate surface area is 120 Å². The van der Waals surface area contributed by atoms with E-state index in [0.717, 1.165) is 6.29 Å². The van der Waals surface area contributed by atoms with Crippen molar-refractivity contribution < 1.29 is 18.8 Å². The van der Waals surface area contributed by atoms with Gasteiger partial charge in [0.1, 0.15) is 12.0 Å². The molecule has 0 spiro atoms. The highest BCUT2D eigenvalue weighted by Crippen LogP contribution is 2.37. The molecule has 1 saturated heterocycles. The minimum atomic E-state index is -0.594. The molecule has 0 aliphatic carbocycles. The number of carbonyl (C=O) groups excluding carboxylic acids is 1. The van der Waals surface area contributed by atoms with E-state index in [2.05, 4.69) is 0 Å². The average Bonchev–Trinajstić information content (AvgIpc) is 2.58. The van der Waals surface area contributed by atoms with Crippen molar-refractivity contribution in [3.05, 3.63) is 23.8 Å². The molecule has 20 heavy (non-hydrogen) atoms. The van der Waals surface area contributed by atoms with Gasteiger partial charge in [0.15, 0.2) is 0 Å². The molecule has 0 amide bonds. The van der Waals surface area contributed by atoms with E-state index in [1.165, 1.54) is 0 Å². The summed E-state index contributed by atoms with van der Waals surface area (Å²) in [6.07, 6.45) is 0.808. The highest BCUT2D eigenvalue weighted by atomic mass is 16.7. The van der Waals surface area contributed by atoms with Crippen LogP contribution in [0.3, 0.4) is 0 Å². The number of benzene rings is 1. The lowest BCUT2D eigenvalue weighted by Crippen LogP contribution is -2.41. The first kappa shape index (κ1) is 15.1. The molecule has 0 atom stereocenters. The molecular formula is C15H21BO4. The van der Waals surface area contributed by atoms with Gasteiger partial charge in [0, 0.05) is 11.0 Å². The maximum atomic E-state index is 11.3. The predicted molar refractivity (Wildman–Crippen MR) is 78.7 cm³/mol. The summed E-state index contributed by atoms with van der Waals surface area (Å²) in [6, 6.07) is 5.37. The van der Waals surface area contributed by atoms with Gasteiger partial charge in [-0.05, 0) is 40.7 Å². The molecule has 1 aromatic rings. The third-order valence-corrected chi connectivity index (χ3v) is 4.02. The van der Waals surface area contributed by atoms with E-state index >= 15 is 0 Å². The Morgan fingerprint density at radius 3 is 2.30 bits per heavy atom. The van der Waals surface area contributed by atoms with Gasteiger partial charge in [-0.1, -0.05) is 12.1 Å². The second-order valence-electron chi connectivity index (χ2n) is 5.90. The Hall–Kier alpha value is -1.33. The first-order chi connectivity index (χ1) is 9.32. The Kier molecular flexibility index (Phi) is 3.94. The van der Waals surface area contributed by atoms with Crippen LogP contribution in [0.2, 0.25) is 0 Å². The van der Waals surface area contributed by atoms with Gasteiger partial charge in [0.2, 0.25) is 0 Å². The van der Waals surface area contributed by atoms with Crippen LogP contribution in [0, 0.1) is 0 Å². The topological polar surface area (TPSA) is 44.8 Å². The first-order valence-corrected chi connectivity index (χ1v) is 6.89. The molecule has 4 nitrogen and oxygen atoms in total. The van der Waals surface area contributed by atoms with Crippen molar-refractivity contribution in [2.75, 3.05) is 6.61 Å². The molecule has 1 aliphatic rings.